The van der Waals surface area contributed by atoms with Gasteiger partial charge in [0.25, 0.3) is 0 Å². The van der Waals surface area contributed by atoms with Gasteiger partial charge in [-0.05, 0) is 50.2 Å². The van der Waals surface area contributed by atoms with Crippen molar-refractivity contribution in [3.8, 4) is 11.5 Å². The fourth-order valence-electron chi connectivity index (χ4n) is 4.24. The van der Waals surface area contributed by atoms with Gasteiger partial charge < -0.3 is 14.1 Å². The van der Waals surface area contributed by atoms with Gasteiger partial charge >= 0.3 is 0 Å². The molecule has 2 aromatic carbocycles. The number of thioether (sulfide) groups is 1. The van der Waals surface area contributed by atoms with Gasteiger partial charge in [-0.25, -0.2) is 9.88 Å². The molecule has 2 amide bonds. The smallest absolute Gasteiger partial charge is 0.247 e. The number of oxazole rings is 1. The SMILES string of the molecule is C[C@@H]1CN(C(=S)S[C@@H]2CC(=O)N(c3ccc(-c4nc5ccccc5o4)cc3)C2=O)C[C@H](C)O1. The van der Waals surface area contributed by atoms with E-state index in [0.717, 1.165) is 11.1 Å². The molecule has 170 valence electrons. The number of hydrogen-bond donors (Lipinski definition) is 0. The third-order valence-corrected chi connectivity index (χ3v) is 7.35. The van der Waals surface area contributed by atoms with Crippen LogP contribution in [0.1, 0.15) is 20.3 Å². The number of para-hydroxylation sites is 2. The number of hydrogen-bond acceptors (Lipinski definition) is 7. The third-order valence-electron chi connectivity index (χ3n) is 5.69. The van der Waals surface area contributed by atoms with Crippen molar-refractivity contribution in [2.24, 2.45) is 0 Å². The van der Waals surface area contributed by atoms with Crippen molar-refractivity contribution in [3.63, 3.8) is 0 Å². The van der Waals surface area contributed by atoms with Crippen LogP contribution in [0.25, 0.3) is 22.6 Å². The Hall–Kier alpha value is -2.75. The van der Waals surface area contributed by atoms with E-state index in [2.05, 4.69) is 9.88 Å². The molecule has 33 heavy (non-hydrogen) atoms. The Bertz CT molecular complexity index is 1180. The second kappa shape index (κ2) is 8.89. The minimum absolute atomic E-state index is 0.0736. The third kappa shape index (κ3) is 4.40. The molecule has 0 spiro atoms. The molecule has 0 bridgehead atoms. The second-order valence-corrected chi connectivity index (χ2v) is 10.2. The molecule has 0 radical (unpaired) electrons. The van der Waals surface area contributed by atoms with Crippen molar-refractivity contribution in [3.05, 3.63) is 48.5 Å². The first-order chi connectivity index (χ1) is 15.9. The molecule has 3 aromatic rings. The molecule has 0 saturated carbocycles. The predicted octanol–water partition coefficient (Wildman–Crippen LogP) is 4.25. The van der Waals surface area contributed by atoms with Crippen LogP contribution < -0.4 is 4.90 Å². The Balaban J connectivity index is 1.29. The zero-order valence-electron chi connectivity index (χ0n) is 18.3. The highest BCUT2D eigenvalue weighted by Crippen LogP contribution is 2.33. The first-order valence-corrected chi connectivity index (χ1v) is 12.1. The molecule has 2 fully saturated rings. The fourth-order valence-corrected chi connectivity index (χ4v) is 5.71. The van der Waals surface area contributed by atoms with Crippen LogP contribution >= 0.6 is 24.0 Å². The van der Waals surface area contributed by atoms with Gasteiger partial charge in [-0.15, -0.1) is 0 Å². The van der Waals surface area contributed by atoms with Gasteiger partial charge in [-0.2, -0.15) is 0 Å². The highest BCUT2D eigenvalue weighted by Gasteiger charge is 2.41. The Morgan fingerprint density at radius 3 is 2.45 bits per heavy atom. The molecule has 9 heteroatoms. The Labute approximate surface area is 201 Å². The first kappa shape index (κ1) is 22.1. The number of benzene rings is 2. The summed E-state index contributed by atoms with van der Waals surface area (Å²) in [6.07, 6.45) is 0.278. The van der Waals surface area contributed by atoms with Crippen LogP contribution in [0.2, 0.25) is 0 Å². The van der Waals surface area contributed by atoms with E-state index in [0.29, 0.717) is 34.6 Å². The summed E-state index contributed by atoms with van der Waals surface area (Å²) in [5.74, 6) is 0.0320. The Kier molecular flexibility index (Phi) is 5.94. The van der Waals surface area contributed by atoms with Crippen LogP contribution in [-0.2, 0) is 14.3 Å². The topological polar surface area (TPSA) is 75.9 Å². The minimum Gasteiger partial charge on any atom is -0.436 e. The van der Waals surface area contributed by atoms with Crippen molar-refractivity contribution in [1.82, 2.24) is 9.88 Å². The Morgan fingerprint density at radius 1 is 1.06 bits per heavy atom. The number of carbonyl (C=O) groups excluding carboxylic acids is 2. The monoisotopic (exact) mass is 481 g/mol. The summed E-state index contributed by atoms with van der Waals surface area (Å²) in [4.78, 5) is 33.6. The maximum atomic E-state index is 13.1. The number of ether oxygens (including phenoxy) is 1. The number of morpholine rings is 1. The van der Waals surface area contributed by atoms with Crippen molar-refractivity contribution in [2.45, 2.75) is 37.7 Å². The predicted molar refractivity (Wildman–Crippen MR) is 132 cm³/mol. The van der Waals surface area contributed by atoms with Gasteiger partial charge in [0, 0.05) is 25.1 Å². The van der Waals surface area contributed by atoms with Gasteiger partial charge in [0.2, 0.25) is 17.7 Å². The largest absolute Gasteiger partial charge is 0.436 e. The molecular weight excluding hydrogens is 458 g/mol. The van der Waals surface area contributed by atoms with E-state index < -0.39 is 5.25 Å². The lowest BCUT2D eigenvalue weighted by atomic mass is 10.2. The molecule has 2 saturated heterocycles. The molecule has 1 aromatic heterocycles. The number of aromatic nitrogens is 1. The number of imide groups is 1. The summed E-state index contributed by atoms with van der Waals surface area (Å²) in [5.41, 5.74) is 2.80. The molecule has 2 aliphatic heterocycles. The number of fused-ring (bicyclic) bond motifs is 1. The van der Waals surface area contributed by atoms with E-state index in [1.54, 1.807) is 12.1 Å². The van der Waals surface area contributed by atoms with E-state index >= 15 is 0 Å². The van der Waals surface area contributed by atoms with E-state index in [4.69, 9.17) is 21.4 Å². The summed E-state index contributed by atoms with van der Waals surface area (Å²) in [5, 5.41) is -0.518. The zero-order chi connectivity index (χ0) is 23.1. The summed E-state index contributed by atoms with van der Waals surface area (Å²) < 4.78 is 12.2. The van der Waals surface area contributed by atoms with Crippen LogP contribution in [0.15, 0.2) is 52.9 Å². The van der Waals surface area contributed by atoms with Gasteiger partial charge in [0.1, 0.15) is 15.1 Å². The molecule has 5 rings (SSSR count). The standard InChI is InChI=1S/C24H23N3O4S2/c1-14-12-26(13-15(2)30-14)24(32)33-20-11-21(28)27(23(20)29)17-9-7-16(8-10-17)22-25-18-5-3-4-6-19(18)31-22/h3-10,14-15,20H,11-13H2,1-2H3/t14-,15+,20-/m1/s1. The first-order valence-electron chi connectivity index (χ1n) is 10.8. The number of carbonyl (C=O) groups is 2. The highest BCUT2D eigenvalue weighted by molar-refractivity contribution is 8.23. The van der Waals surface area contributed by atoms with Crippen LogP contribution in [0, 0.1) is 0 Å². The van der Waals surface area contributed by atoms with E-state index in [1.165, 1.54) is 16.7 Å². The zero-order valence-corrected chi connectivity index (χ0v) is 19.9. The van der Waals surface area contributed by atoms with Crippen LogP contribution in [0.5, 0.6) is 0 Å². The molecule has 3 atom stereocenters. The summed E-state index contributed by atoms with van der Waals surface area (Å²) in [6, 6.07) is 14.7. The minimum atomic E-state index is -0.518. The number of amides is 2. The van der Waals surface area contributed by atoms with Gasteiger partial charge in [-0.1, -0.05) is 36.1 Å². The Morgan fingerprint density at radius 2 is 1.76 bits per heavy atom. The van der Waals surface area contributed by atoms with Gasteiger partial charge in [0.05, 0.1) is 17.9 Å². The maximum Gasteiger partial charge on any atom is 0.247 e. The normalized spacial score (nSPS) is 23.5. The number of nitrogens with zero attached hydrogens (tertiary/aromatic N) is 3. The van der Waals surface area contributed by atoms with Gasteiger partial charge in [0.15, 0.2) is 5.58 Å². The van der Waals surface area contributed by atoms with Crippen molar-refractivity contribution in [2.75, 3.05) is 18.0 Å². The van der Waals surface area contributed by atoms with E-state index in [9.17, 15) is 9.59 Å². The summed E-state index contributed by atoms with van der Waals surface area (Å²) in [6.45, 7) is 5.39. The molecule has 0 unspecified atom stereocenters. The van der Waals surface area contributed by atoms with Crippen LogP contribution in [-0.4, -0.2) is 56.6 Å². The molecule has 0 N–H and O–H groups in total. The van der Waals surface area contributed by atoms with Crippen molar-refractivity contribution >= 4 is 56.9 Å². The average Bonchev–Trinajstić information content (AvgIpc) is 3.34. The number of rotatable bonds is 3. The molecular formula is C24H23N3O4S2. The second-order valence-electron chi connectivity index (χ2n) is 8.34. The lowest BCUT2D eigenvalue weighted by molar-refractivity contribution is -0.121. The van der Waals surface area contributed by atoms with Crippen molar-refractivity contribution in [1.29, 1.82) is 0 Å². The lowest BCUT2D eigenvalue weighted by Crippen LogP contribution is -2.47. The van der Waals surface area contributed by atoms with Gasteiger partial charge in [-0.3, -0.25) is 9.59 Å². The number of anilines is 1. The summed E-state index contributed by atoms with van der Waals surface area (Å²) >= 11 is 6.89. The van der Waals surface area contributed by atoms with E-state index in [1.807, 2.05) is 50.2 Å². The highest BCUT2D eigenvalue weighted by atomic mass is 32.2. The van der Waals surface area contributed by atoms with E-state index in [-0.39, 0.29) is 30.4 Å². The fraction of sp³-hybridized carbons (Fsp3) is 0.333. The number of thiocarbonyl (C=S) groups is 1. The molecule has 0 aliphatic carbocycles. The summed E-state index contributed by atoms with van der Waals surface area (Å²) in [7, 11) is 0. The van der Waals surface area contributed by atoms with Crippen LogP contribution in [0.3, 0.4) is 0 Å². The molecule has 7 nitrogen and oxygen atoms in total. The maximum absolute atomic E-state index is 13.1. The molecule has 3 heterocycles. The van der Waals surface area contributed by atoms with Crippen LogP contribution in [0.4, 0.5) is 5.69 Å². The average molecular weight is 482 g/mol. The lowest BCUT2D eigenvalue weighted by Gasteiger charge is -2.36. The molecule has 2 aliphatic rings. The van der Waals surface area contributed by atoms with Crippen molar-refractivity contribution < 1.29 is 18.7 Å². The quantitative estimate of drug-likeness (QED) is 0.406.